The molecule has 2 aromatic carbocycles. The number of hydrogen-bond acceptors (Lipinski definition) is 3. The highest BCUT2D eigenvalue weighted by Crippen LogP contribution is 2.15. The first-order chi connectivity index (χ1) is 13.1. The van der Waals surface area contributed by atoms with E-state index in [1.54, 1.807) is 7.11 Å². The van der Waals surface area contributed by atoms with Gasteiger partial charge in [0.15, 0.2) is 0 Å². The van der Waals surface area contributed by atoms with Gasteiger partial charge in [0.2, 0.25) is 5.91 Å². The number of methoxy groups -OCH3 is 1. The molecule has 0 saturated carbocycles. The minimum Gasteiger partial charge on any atom is -0.497 e. The second-order valence-corrected chi connectivity index (χ2v) is 6.92. The Balaban J connectivity index is 1.60. The minimum atomic E-state index is 0.0424. The van der Waals surface area contributed by atoms with Crippen LogP contribution in [0.2, 0.25) is 0 Å². The largest absolute Gasteiger partial charge is 0.497 e. The molecule has 0 unspecified atom stereocenters. The average molecular weight is 366 g/mol. The van der Waals surface area contributed by atoms with Gasteiger partial charge in [0.05, 0.1) is 13.5 Å². The molecule has 5 heteroatoms. The zero-order valence-corrected chi connectivity index (χ0v) is 16.0. The number of benzene rings is 2. The van der Waals surface area contributed by atoms with Gasteiger partial charge in [-0.3, -0.25) is 9.59 Å². The first kappa shape index (κ1) is 19.0. The molecule has 0 spiro atoms. The molecule has 1 heterocycles. The van der Waals surface area contributed by atoms with Crippen molar-refractivity contribution in [1.82, 2.24) is 9.80 Å². The lowest BCUT2D eigenvalue weighted by Crippen LogP contribution is -2.38. The summed E-state index contributed by atoms with van der Waals surface area (Å²) < 4.78 is 5.22. The molecule has 0 N–H and O–H groups in total. The van der Waals surface area contributed by atoms with Crippen molar-refractivity contribution in [3.63, 3.8) is 0 Å². The van der Waals surface area contributed by atoms with Crippen LogP contribution >= 0.6 is 0 Å². The summed E-state index contributed by atoms with van der Waals surface area (Å²) in [7, 11) is 1.62. The fourth-order valence-electron chi connectivity index (χ4n) is 3.40. The molecule has 1 saturated heterocycles. The zero-order valence-electron chi connectivity index (χ0n) is 16.0. The second-order valence-electron chi connectivity index (χ2n) is 6.92. The molecule has 1 aliphatic heterocycles. The Hall–Kier alpha value is -2.82. The van der Waals surface area contributed by atoms with Crippen LogP contribution in [0.1, 0.15) is 27.9 Å². The molecular formula is C22H26N2O3. The fraction of sp³-hybridized carbons (Fsp3) is 0.364. The Kier molecular flexibility index (Phi) is 6.12. The van der Waals surface area contributed by atoms with Gasteiger partial charge in [0, 0.05) is 31.7 Å². The molecule has 0 radical (unpaired) electrons. The average Bonchev–Trinajstić information content (AvgIpc) is 2.94. The van der Waals surface area contributed by atoms with E-state index in [2.05, 4.69) is 0 Å². The zero-order chi connectivity index (χ0) is 19.2. The van der Waals surface area contributed by atoms with Crippen molar-refractivity contribution in [3.8, 4) is 5.75 Å². The molecule has 2 aromatic rings. The highest BCUT2D eigenvalue weighted by Gasteiger charge is 2.23. The summed E-state index contributed by atoms with van der Waals surface area (Å²) in [6.07, 6.45) is 1.14. The van der Waals surface area contributed by atoms with E-state index in [1.807, 2.05) is 65.3 Å². The van der Waals surface area contributed by atoms with Crippen LogP contribution in [0.3, 0.4) is 0 Å². The third-order valence-electron chi connectivity index (χ3n) is 4.89. The van der Waals surface area contributed by atoms with E-state index in [1.165, 1.54) is 0 Å². The van der Waals surface area contributed by atoms with Crippen molar-refractivity contribution in [3.05, 3.63) is 65.2 Å². The van der Waals surface area contributed by atoms with E-state index in [-0.39, 0.29) is 11.8 Å². The van der Waals surface area contributed by atoms with Crippen molar-refractivity contribution >= 4 is 11.8 Å². The van der Waals surface area contributed by atoms with Crippen LogP contribution in [0.15, 0.2) is 48.5 Å². The summed E-state index contributed by atoms with van der Waals surface area (Å²) >= 11 is 0. The highest BCUT2D eigenvalue weighted by atomic mass is 16.5. The van der Waals surface area contributed by atoms with Gasteiger partial charge in [-0.05, 0) is 43.2 Å². The van der Waals surface area contributed by atoms with E-state index < -0.39 is 0 Å². The second kappa shape index (κ2) is 8.71. The number of amides is 2. The van der Waals surface area contributed by atoms with Crippen molar-refractivity contribution in [1.29, 1.82) is 0 Å². The van der Waals surface area contributed by atoms with Crippen LogP contribution in [-0.4, -0.2) is 54.9 Å². The summed E-state index contributed by atoms with van der Waals surface area (Å²) in [5.41, 5.74) is 2.73. The Labute approximate surface area is 160 Å². The van der Waals surface area contributed by atoms with E-state index in [0.29, 0.717) is 38.2 Å². The summed E-state index contributed by atoms with van der Waals surface area (Å²) in [6, 6.07) is 15.3. The SMILES string of the molecule is COc1cccc(CC(=O)N2CCCN(C(=O)c3cccc(C)c3)CC2)c1. The van der Waals surface area contributed by atoms with Crippen LogP contribution in [0, 0.1) is 6.92 Å². The van der Waals surface area contributed by atoms with Crippen molar-refractivity contribution < 1.29 is 14.3 Å². The first-order valence-corrected chi connectivity index (χ1v) is 9.33. The molecule has 1 fully saturated rings. The number of hydrogen-bond donors (Lipinski definition) is 0. The topological polar surface area (TPSA) is 49.9 Å². The van der Waals surface area contributed by atoms with Crippen LogP contribution in [0.5, 0.6) is 5.75 Å². The summed E-state index contributed by atoms with van der Waals surface area (Å²) in [5, 5.41) is 0. The Bertz CT molecular complexity index is 819. The molecule has 3 rings (SSSR count). The molecule has 0 atom stereocenters. The number of carbonyl (C=O) groups is 2. The van der Waals surface area contributed by atoms with Gasteiger partial charge in [-0.15, -0.1) is 0 Å². The number of aryl methyl sites for hydroxylation is 1. The summed E-state index contributed by atoms with van der Waals surface area (Å²) in [5.74, 6) is 0.889. The number of nitrogens with zero attached hydrogens (tertiary/aromatic N) is 2. The lowest BCUT2D eigenvalue weighted by atomic mass is 10.1. The molecule has 27 heavy (non-hydrogen) atoms. The van der Waals surface area contributed by atoms with E-state index >= 15 is 0 Å². The molecule has 1 aliphatic rings. The molecule has 5 nitrogen and oxygen atoms in total. The monoisotopic (exact) mass is 366 g/mol. The van der Waals surface area contributed by atoms with Gasteiger partial charge in [-0.2, -0.15) is 0 Å². The van der Waals surface area contributed by atoms with E-state index in [0.717, 1.165) is 23.3 Å². The molecule has 0 aliphatic carbocycles. The maximum Gasteiger partial charge on any atom is 0.253 e. The predicted octanol–water partition coefficient (Wildman–Crippen LogP) is 2.92. The lowest BCUT2D eigenvalue weighted by Gasteiger charge is -2.22. The summed E-state index contributed by atoms with van der Waals surface area (Å²) in [6.45, 7) is 4.48. The van der Waals surface area contributed by atoms with Crippen molar-refractivity contribution in [2.75, 3.05) is 33.3 Å². The van der Waals surface area contributed by atoms with Crippen LogP contribution in [-0.2, 0) is 11.2 Å². The quantitative estimate of drug-likeness (QED) is 0.836. The van der Waals surface area contributed by atoms with Crippen molar-refractivity contribution in [2.45, 2.75) is 19.8 Å². The van der Waals surface area contributed by atoms with Crippen LogP contribution in [0.4, 0.5) is 0 Å². The lowest BCUT2D eigenvalue weighted by molar-refractivity contribution is -0.130. The Morgan fingerprint density at radius 3 is 2.48 bits per heavy atom. The third kappa shape index (κ3) is 4.88. The smallest absolute Gasteiger partial charge is 0.253 e. The molecule has 0 aromatic heterocycles. The normalized spacial score (nSPS) is 14.6. The summed E-state index contributed by atoms with van der Waals surface area (Å²) in [4.78, 5) is 29.2. The van der Waals surface area contributed by atoms with Crippen molar-refractivity contribution in [2.24, 2.45) is 0 Å². The number of rotatable bonds is 4. The van der Waals surface area contributed by atoms with Gasteiger partial charge in [0.25, 0.3) is 5.91 Å². The van der Waals surface area contributed by atoms with Crippen LogP contribution < -0.4 is 4.74 Å². The standard InChI is InChI=1S/C22H26N2O3/c1-17-6-3-8-19(14-17)22(26)24-11-5-10-23(12-13-24)21(25)16-18-7-4-9-20(15-18)27-2/h3-4,6-9,14-15H,5,10-13,16H2,1-2H3. The molecule has 142 valence electrons. The third-order valence-corrected chi connectivity index (χ3v) is 4.89. The van der Waals surface area contributed by atoms with E-state index in [4.69, 9.17) is 4.74 Å². The molecule has 0 bridgehead atoms. The molecule has 2 amide bonds. The Morgan fingerprint density at radius 2 is 1.70 bits per heavy atom. The Morgan fingerprint density at radius 1 is 0.963 bits per heavy atom. The number of ether oxygens (including phenoxy) is 1. The van der Waals surface area contributed by atoms with Gasteiger partial charge in [-0.25, -0.2) is 0 Å². The van der Waals surface area contributed by atoms with Gasteiger partial charge < -0.3 is 14.5 Å². The highest BCUT2D eigenvalue weighted by molar-refractivity contribution is 5.94. The minimum absolute atomic E-state index is 0.0424. The van der Waals surface area contributed by atoms with Gasteiger partial charge >= 0.3 is 0 Å². The fourth-order valence-corrected chi connectivity index (χ4v) is 3.40. The predicted molar refractivity (Wildman–Crippen MR) is 105 cm³/mol. The van der Waals surface area contributed by atoms with Crippen LogP contribution in [0.25, 0.3) is 0 Å². The van der Waals surface area contributed by atoms with Gasteiger partial charge in [-0.1, -0.05) is 29.8 Å². The molecular weight excluding hydrogens is 340 g/mol. The maximum absolute atomic E-state index is 12.8. The maximum atomic E-state index is 12.8. The van der Waals surface area contributed by atoms with Gasteiger partial charge in [0.1, 0.15) is 5.75 Å². The van der Waals surface area contributed by atoms with E-state index in [9.17, 15) is 9.59 Å². The number of carbonyl (C=O) groups excluding carboxylic acids is 2. The first-order valence-electron chi connectivity index (χ1n) is 9.33.